The van der Waals surface area contributed by atoms with Crippen LogP contribution < -0.4 is 0 Å². The fourth-order valence-electron chi connectivity index (χ4n) is 2.35. The molecular formula is C14H14O5. The van der Waals surface area contributed by atoms with Gasteiger partial charge in [0.15, 0.2) is 17.1 Å². The molecule has 19 heavy (non-hydrogen) atoms. The summed E-state index contributed by atoms with van der Waals surface area (Å²) in [4.78, 5) is 36.3. The molecule has 1 aliphatic carbocycles. The molecule has 1 unspecified atom stereocenters. The fourth-order valence-corrected chi connectivity index (χ4v) is 2.35. The van der Waals surface area contributed by atoms with Crippen molar-refractivity contribution in [2.24, 2.45) is 0 Å². The Morgan fingerprint density at radius 2 is 1.84 bits per heavy atom. The number of ketones is 3. The number of hydrogen-bond acceptors (Lipinski definition) is 5. The van der Waals surface area contributed by atoms with Crippen molar-refractivity contribution in [3.05, 3.63) is 34.8 Å². The van der Waals surface area contributed by atoms with Crippen LogP contribution in [0.2, 0.25) is 0 Å². The molecule has 0 bridgehead atoms. The number of Topliss-reactive ketones (excluding diaryl/α,β-unsaturated/α-hetero) is 2. The largest absolute Gasteiger partial charge is 0.493 e. The Labute approximate surface area is 110 Å². The van der Waals surface area contributed by atoms with Crippen molar-refractivity contribution in [3.8, 4) is 0 Å². The summed E-state index contributed by atoms with van der Waals surface area (Å²) in [5.41, 5.74) is -0.735. The van der Waals surface area contributed by atoms with Crippen LogP contribution >= 0.6 is 0 Å². The van der Waals surface area contributed by atoms with Gasteiger partial charge in [0.2, 0.25) is 11.6 Å². The maximum atomic E-state index is 12.1. The lowest BCUT2D eigenvalue weighted by Crippen LogP contribution is -2.41. The predicted molar refractivity (Wildman–Crippen MR) is 66.1 cm³/mol. The summed E-state index contributed by atoms with van der Waals surface area (Å²) in [5, 5.41) is 0. The number of hydrogen-bond donors (Lipinski definition) is 0. The molecule has 0 saturated heterocycles. The normalized spacial score (nSPS) is 27.3. The average Bonchev–Trinajstić information content (AvgIpc) is 2.62. The lowest BCUT2D eigenvalue weighted by atomic mass is 9.80. The lowest BCUT2D eigenvalue weighted by Gasteiger charge is -2.28. The van der Waals surface area contributed by atoms with Gasteiger partial charge in [-0.2, -0.15) is 0 Å². The first-order valence-corrected chi connectivity index (χ1v) is 5.78. The smallest absolute Gasteiger partial charge is 0.223 e. The zero-order valence-electron chi connectivity index (χ0n) is 11.2. The summed E-state index contributed by atoms with van der Waals surface area (Å²) in [6.07, 6.45) is 2.41. The Morgan fingerprint density at radius 3 is 2.32 bits per heavy atom. The van der Waals surface area contributed by atoms with E-state index in [0.29, 0.717) is 5.57 Å². The highest BCUT2D eigenvalue weighted by Crippen LogP contribution is 2.36. The summed E-state index contributed by atoms with van der Waals surface area (Å²) < 4.78 is 10.2. The van der Waals surface area contributed by atoms with Gasteiger partial charge < -0.3 is 9.47 Å². The van der Waals surface area contributed by atoms with Crippen molar-refractivity contribution < 1.29 is 23.9 Å². The van der Waals surface area contributed by atoms with Gasteiger partial charge in [-0.05, 0) is 20.8 Å². The van der Waals surface area contributed by atoms with Gasteiger partial charge in [0, 0.05) is 17.2 Å². The summed E-state index contributed by atoms with van der Waals surface area (Å²) in [6.45, 7) is 4.60. The van der Waals surface area contributed by atoms with Gasteiger partial charge in [0.25, 0.3) is 0 Å². The molecule has 5 nitrogen and oxygen atoms in total. The molecule has 0 spiro atoms. The highest BCUT2D eigenvalue weighted by molar-refractivity contribution is 6.25. The first-order valence-electron chi connectivity index (χ1n) is 5.78. The minimum absolute atomic E-state index is 0.0232. The molecular weight excluding hydrogens is 248 g/mol. The second kappa shape index (κ2) is 4.19. The molecule has 0 aromatic rings. The van der Waals surface area contributed by atoms with Crippen molar-refractivity contribution in [1.82, 2.24) is 0 Å². The van der Waals surface area contributed by atoms with Crippen LogP contribution in [0.15, 0.2) is 34.8 Å². The minimum atomic E-state index is -1.42. The molecule has 1 atom stereocenters. The number of carbonyl (C=O) groups excluding carboxylic acids is 3. The van der Waals surface area contributed by atoms with Crippen LogP contribution in [0, 0.1) is 0 Å². The SMILES string of the molecule is COC1=CC(=O)C(C2(C)OC=C(C)C2=O)=C(C)C1=O. The number of carbonyl (C=O) groups is 3. The summed E-state index contributed by atoms with van der Waals surface area (Å²) in [6, 6.07) is 0. The van der Waals surface area contributed by atoms with Crippen molar-refractivity contribution >= 4 is 17.3 Å². The van der Waals surface area contributed by atoms with Gasteiger partial charge >= 0.3 is 0 Å². The molecule has 0 amide bonds. The molecule has 0 N–H and O–H groups in total. The van der Waals surface area contributed by atoms with Gasteiger partial charge in [-0.3, -0.25) is 14.4 Å². The molecule has 0 fully saturated rings. The quantitative estimate of drug-likeness (QED) is 0.700. The standard InChI is InChI=1S/C14H14O5/c1-7-6-19-14(3,13(7)17)11-8(2)12(16)10(18-4)5-9(11)15/h5-6H,1-4H3. The maximum absolute atomic E-state index is 12.1. The van der Waals surface area contributed by atoms with E-state index in [0.717, 1.165) is 6.08 Å². The van der Waals surface area contributed by atoms with Gasteiger partial charge in [0.1, 0.15) is 0 Å². The third-order valence-corrected chi connectivity index (χ3v) is 3.41. The maximum Gasteiger partial charge on any atom is 0.223 e. The minimum Gasteiger partial charge on any atom is -0.493 e. The Balaban J connectivity index is 2.53. The van der Waals surface area contributed by atoms with Gasteiger partial charge in [-0.25, -0.2) is 0 Å². The number of allylic oxidation sites excluding steroid dienone is 2. The molecule has 0 aromatic carbocycles. The number of ether oxygens (including phenoxy) is 2. The highest BCUT2D eigenvalue weighted by Gasteiger charge is 2.48. The van der Waals surface area contributed by atoms with E-state index in [9.17, 15) is 14.4 Å². The molecule has 1 aliphatic heterocycles. The monoisotopic (exact) mass is 262 g/mol. The average molecular weight is 262 g/mol. The van der Waals surface area contributed by atoms with Gasteiger partial charge in [0.05, 0.1) is 18.9 Å². The molecule has 5 heteroatoms. The lowest BCUT2D eigenvalue weighted by molar-refractivity contribution is -0.129. The van der Waals surface area contributed by atoms with Gasteiger partial charge in [-0.1, -0.05) is 0 Å². The molecule has 0 aromatic heterocycles. The first-order chi connectivity index (χ1) is 8.82. The Hall–Kier alpha value is -2.17. The summed E-state index contributed by atoms with van der Waals surface area (Å²) >= 11 is 0. The number of methoxy groups -OCH3 is 1. The second-order valence-corrected chi connectivity index (χ2v) is 4.69. The molecule has 2 rings (SSSR count). The van der Waals surface area contributed by atoms with Crippen LogP contribution in [-0.2, 0) is 23.9 Å². The van der Waals surface area contributed by atoms with Gasteiger partial charge in [-0.15, -0.1) is 0 Å². The van der Waals surface area contributed by atoms with Crippen LogP contribution in [-0.4, -0.2) is 30.1 Å². The first kappa shape index (κ1) is 13.3. The number of rotatable bonds is 2. The third-order valence-electron chi connectivity index (χ3n) is 3.41. The summed E-state index contributed by atoms with van der Waals surface area (Å²) in [5.74, 6) is -1.17. The van der Waals surface area contributed by atoms with Crippen LogP contribution in [0.3, 0.4) is 0 Å². The predicted octanol–water partition coefficient (Wildman–Crippen LogP) is 1.25. The fraction of sp³-hybridized carbons (Fsp3) is 0.357. The van der Waals surface area contributed by atoms with Crippen molar-refractivity contribution in [2.75, 3.05) is 7.11 Å². The van der Waals surface area contributed by atoms with Crippen LogP contribution in [0.1, 0.15) is 20.8 Å². The van der Waals surface area contributed by atoms with E-state index in [1.807, 2.05) is 0 Å². The zero-order valence-corrected chi connectivity index (χ0v) is 11.2. The molecule has 1 heterocycles. The van der Waals surface area contributed by atoms with E-state index in [4.69, 9.17) is 9.47 Å². The Kier molecular flexibility index (Phi) is 2.92. The third kappa shape index (κ3) is 1.73. The highest BCUT2D eigenvalue weighted by atomic mass is 16.5. The van der Waals surface area contributed by atoms with Crippen LogP contribution in [0.4, 0.5) is 0 Å². The molecule has 2 aliphatic rings. The van der Waals surface area contributed by atoms with Crippen molar-refractivity contribution in [1.29, 1.82) is 0 Å². The zero-order chi connectivity index (χ0) is 14.4. The second-order valence-electron chi connectivity index (χ2n) is 4.69. The van der Waals surface area contributed by atoms with E-state index in [1.165, 1.54) is 27.2 Å². The van der Waals surface area contributed by atoms with E-state index in [1.54, 1.807) is 6.92 Å². The van der Waals surface area contributed by atoms with Crippen LogP contribution in [0.25, 0.3) is 0 Å². The van der Waals surface area contributed by atoms with E-state index < -0.39 is 17.2 Å². The van der Waals surface area contributed by atoms with Crippen LogP contribution in [0.5, 0.6) is 0 Å². The Bertz CT molecular complexity index is 591. The summed E-state index contributed by atoms with van der Waals surface area (Å²) in [7, 11) is 1.32. The molecule has 0 saturated carbocycles. The van der Waals surface area contributed by atoms with E-state index in [-0.39, 0.29) is 22.7 Å². The Morgan fingerprint density at radius 1 is 1.21 bits per heavy atom. The topological polar surface area (TPSA) is 69.7 Å². The molecule has 100 valence electrons. The van der Waals surface area contributed by atoms with E-state index in [2.05, 4.69) is 0 Å². The molecule has 0 radical (unpaired) electrons. The van der Waals surface area contributed by atoms with Crippen molar-refractivity contribution in [3.63, 3.8) is 0 Å². The van der Waals surface area contributed by atoms with E-state index >= 15 is 0 Å². The van der Waals surface area contributed by atoms with Crippen molar-refractivity contribution in [2.45, 2.75) is 26.4 Å².